The summed E-state index contributed by atoms with van der Waals surface area (Å²) in [6.45, 7) is 0. The average Bonchev–Trinajstić information content (AvgIpc) is 3.63. The molecule has 1 spiro atoms. The number of fused-ring (bicyclic) bond motifs is 11. The molecule has 2 aliphatic rings. The Morgan fingerprint density at radius 2 is 0.833 bits per heavy atom. The molecule has 0 fully saturated rings. The largest absolute Gasteiger partial charge is 0.457 e. The minimum absolute atomic E-state index is 0.548. The molecule has 0 amide bonds. The zero-order valence-electron chi connectivity index (χ0n) is 32.5. The number of benzene rings is 9. The highest BCUT2D eigenvalue weighted by Crippen LogP contribution is 2.63. The van der Waals surface area contributed by atoms with Gasteiger partial charge in [-0.25, -0.2) is 15.0 Å². The molecule has 280 valence electrons. The second kappa shape index (κ2) is 13.6. The first-order chi connectivity index (χ1) is 29.7. The molecule has 1 aromatic heterocycles. The van der Waals surface area contributed by atoms with Crippen molar-refractivity contribution in [2.45, 2.75) is 5.41 Å². The van der Waals surface area contributed by atoms with Crippen LogP contribution >= 0.6 is 0 Å². The van der Waals surface area contributed by atoms with Gasteiger partial charge >= 0.3 is 0 Å². The van der Waals surface area contributed by atoms with Gasteiger partial charge in [-0.1, -0.05) is 188 Å². The molecule has 0 radical (unpaired) electrons. The summed E-state index contributed by atoms with van der Waals surface area (Å²) in [5.41, 5.74) is 14.1. The molecular weight excluding hydrogens is 731 g/mol. The fraction of sp³-hybridized carbons (Fsp3) is 0.0179. The highest BCUT2D eigenvalue weighted by Gasteiger charge is 2.51. The van der Waals surface area contributed by atoms with Crippen LogP contribution in [-0.2, 0) is 5.41 Å². The van der Waals surface area contributed by atoms with Crippen LogP contribution in [0, 0.1) is 0 Å². The lowest BCUT2D eigenvalue weighted by molar-refractivity contribution is 0.437. The second-order valence-electron chi connectivity index (χ2n) is 15.5. The Balaban J connectivity index is 0.973. The van der Waals surface area contributed by atoms with Crippen LogP contribution in [0.15, 0.2) is 212 Å². The van der Waals surface area contributed by atoms with Gasteiger partial charge in [0.25, 0.3) is 0 Å². The van der Waals surface area contributed by atoms with Crippen molar-refractivity contribution in [1.29, 1.82) is 0 Å². The molecule has 0 N–H and O–H groups in total. The maximum absolute atomic E-state index is 6.91. The zero-order valence-corrected chi connectivity index (χ0v) is 32.5. The van der Waals surface area contributed by atoms with E-state index in [0.717, 1.165) is 56.0 Å². The number of rotatable bonds is 5. The second-order valence-corrected chi connectivity index (χ2v) is 15.5. The summed E-state index contributed by atoms with van der Waals surface area (Å²) in [6, 6.07) is 75.0. The van der Waals surface area contributed by atoms with Gasteiger partial charge in [0.05, 0.1) is 5.41 Å². The first-order valence-corrected chi connectivity index (χ1v) is 20.3. The van der Waals surface area contributed by atoms with Gasteiger partial charge in [0.15, 0.2) is 17.5 Å². The van der Waals surface area contributed by atoms with E-state index in [1.54, 1.807) is 0 Å². The summed E-state index contributed by atoms with van der Waals surface area (Å²) in [4.78, 5) is 14.9. The molecule has 1 aliphatic heterocycles. The van der Waals surface area contributed by atoms with E-state index in [0.29, 0.717) is 17.5 Å². The molecule has 0 saturated carbocycles. The summed E-state index contributed by atoms with van der Waals surface area (Å²) in [5, 5.41) is 2.49. The molecule has 1 unspecified atom stereocenters. The molecular formula is C56H35N3O. The molecule has 12 rings (SSSR count). The van der Waals surface area contributed by atoms with E-state index in [1.807, 2.05) is 60.7 Å². The standard InChI is InChI=1S/C56H35N3O/c1-3-16-37(17-4-1)53-57-54(38-18-5-2-6-19-38)59-55(58-53)43-23-14-22-41(34-43)39-20-13-21-40(33-39)42-30-32-49-51(35-42)60-50-28-12-11-27-48(50)56(49)47-26-10-9-25-45(47)46-31-29-36-15-7-8-24-44(36)52(46)56/h1-35H. The van der Waals surface area contributed by atoms with Crippen LogP contribution in [0.4, 0.5) is 0 Å². The first-order valence-electron chi connectivity index (χ1n) is 20.3. The molecule has 9 aromatic carbocycles. The maximum Gasteiger partial charge on any atom is 0.164 e. The quantitative estimate of drug-likeness (QED) is 0.175. The first kappa shape index (κ1) is 34.1. The topological polar surface area (TPSA) is 47.9 Å². The lowest BCUT2D eigenvalue weighted by Crippen LogP contribution is -2.32. The minimum Gasteiger partial charge on any atom is -0.457 e. The van der Waals surface area contributed by atoms with Gasteiger partial charge in [-0.15, -0.1) is 0 Å². The monoisotopic (exact) mass is 765 g/mol. The van der Waals surface area contributed by atoms with Gasteiger partial charge < -0.3 is 4.74 Å². The predicted molar refractivity (Wildman–Crippen MR) is 242 cm³/mol. The average molecular weight is 766 g/mol. The molecule has 4 heteroatoms. The Morgan fingerprint density at radius 1 is 0.317 bits per heavy atom. The smallest absolute Gasteiger partial charge is 0.164 e. The van der Waals surface area contributed by atoms with Crippen LogP contribution in [0.25, 0.3) is 78.3 Å². The third kappa shape index (κ3) is 5.28. The summed E-state index contributed by atoms with van der Waals surface area (Å²) >= 11 is 0. The van der Waals surface area contributed by atoms with Crippen LogP contribution in [0.1, 0.15) is 22.3 Å². The number of hydrogen-bond donors (Lipinski definition) is 0. The zero-order chi connectivity index (χ0) is 39.6. The fourth-order valence-corrected chi connectivity index (χ4v) is 9.52. The summed E-state index contributed by atoms with van der Waals surface area (Å²) in [5.74, 6) is 3.66. The van der Waals surface area contributed by atoms with Crippen LogP contribution in [-0.4, -0.2) is 15.0 Å². The number of aromatic nitrogens is 3. The van der Waals surface area contributed by atoms with Gasteiger partial charge in [0.2, 0.25) is 0 Å². The summed E-state index contributed by atoms with van der Waals surface area (Å²) < 4.78 is 6.91. The van der Waals surface area contributed by atoms with E-state index >= 15 is 0 Å². The number of hydrogen-bond acceptors (Lipinski definition) is 4. The third-order valence-corrected chi connectivity index (χ3v) is 12.2. The number of para-hydroxylation sites is 1. The van der Waals surface area contributed by atoms with Gasteiger partial charge in [0, 0.05) is 27.8 Å². The van der Waals surface area contributed by atoms with Crippen molar-refractivity contribution >= 4 is 10.8 Å². The van der Waals surface area contributed by atoms with E-state index in [9.17, 15) is 0 Å². The van der Waals surface area contributed by atoms with E-state index in [1.165, 1.54) is 38.6 Å². The van der Waals surface area contributed by atoms with E-state index in [-0.39, 0.29) is 0 Å². The molecule has 1 atom stereocenters. The van der Waals surface area contributed by atoms with Crippen LogP contribution in [0.5, 0.6) is 11.5 Å². The van der Waals surface area contributed by atoms with Crippen LogP contribution < -0.4 is 4.74 Å². The summed E-state index contributed by atoms with van der Waals surface area (Å²) in [6.07, 6.45) is 0. The van der Waals surface area contributed by atoms with Gasteiger partial charge in [0.1, 0.15) is 11.5 Å². The third-order valence-electron chi connectivity index (χ3n) is 12.2. The van der Waals surface area contributed by atoms with E-state index in [4.69, 9.17) is 19.7 Å². The number of ether oxygens (including phenoxy) is 1. The highest BCUT2D eigenvalue weighted by atomic mass is 16.5. The van der Waals surface area contributed by atoms with Crippen molar-refractivity contribution < 1.29 is 4.74 Å². The Bertz CT molecular complexity index is 3250. The molecule has 60 heavy (non-hydrogen) atoms. The van der Waals surface area contributed by atoms with Gasteiger partial charge in [-0.05, 0) is 79.5 Å². The Morgan fingerprint density at radius 3 is 1.55 bits per heavy atom. The fourth-order valence-electron chi connectivity index (χ4n) is 9.52. The van der Waals surface area contributed by atoms with Crippen molar-refractivity contribution in [2.75, 3.05) is 0 Å². The Hall–Kier alpha value is -7.95. The molecule has 0 saturated heterocycles. The van der Waals surface area contributed by atoms with Crippen molar-refractivity contribution in [3.63, 3.8) is 0 Å². The normalized spacial score (nSPS) is 14.5. The SMILES string of the molecule is c1ccc(-c2nc(-c3ccccc3)nc(-c3cccc(-c4cccc(-c5ccc6c(c5)Oc5ccccc5C65c6ccccc6-c6ccc7ccccc7c65)c4)c3)n2)cc1. The number of nitrogens with zero attached hydrogens (tertiary/aromatic N) is 3. The van der Waals surface area contributed by atoms with Gasteiger partial charge in [-0.3, -0.25) is 0 Å². The van der Waals surface area contributed by atoms with Crippen LogP contribution in [0.3, 0.4) is 0 Å². The molecule has 1 aliphatic carbocycles. The van der Waals surface area contributed by atoms with E-state index in [2.05, 4.69) is 152 Å². The minimum atomic E-state index is -0.548. The highest BCUT2D eigenvalue weighted by molar-refractivity contribution is 6.01. The van der Waals surface area contributed by atoms with Crippen molar-refractivity contribution in [2.24, 2.45) is 0 Å². The molecule has 0 bridgehead atoms. The summed E-state index contributed by atoms with van der Waals surface area (Å²) in [7, 11) is 0. The van der Waals surface area contributed by atoms with Crippen molar-refractivity contribution in [3.8, 4) is 79.0 Å². The Labute approximate surface area is 348 Å². The lowest BCUT2D eigenvalue weighted by Gasteiger charge is -2.40. The van der Waals surface area contributed by atoms with Crippen molar-refractivity contribution in [1.82, 2.24) is 15.0 Å². The molecule has 2 heterocycles. The van der Waals surface area contributed by atoms with E-state index < -0.39 is 5.41 Å². The van der Waals surface area contributed by atoms with Gasteiger partial charge in [-0.2, -0.15) is 0 Å². The van der Waals surface area contributed by atoms with Crippen LogP contribution in [0.2, 0.25) is 0 Å². The Kier molecular flexibility index (Phi) is 7.72. The lowest BCUT2D eigenvalue weighted by atomic mass is 9.65. The maximum atomic E-state index is 6.91. The molecule has 4 nitrogen and oxygen atoms in total. The van der Waals surface area contributed by atoms with Crippen molar-refractivity contribution in [3.05, 3.63) is 235 Å². The predicted octanol–water partition coefficient (Wildman–Crippen LogP) is 13.8. The molecule has 10 aromatic rings.